The minimum absolute atomic E-state index is 0.00712. The number of nitrogens with one attached hydrogen (secondary N) is 4. The lowest BCUT2D eigenvalue weighted by Gasteiger charge is -2.37. The monoisotopic (exact) mass is 811 g/mol. The first-order chi connectivity index (χ1) is 27.5. The fraction of sp³-hybridized carbons (Fsp3) is 0.500. The molecule has 2 aromatic carbocycles. The van der Waals surface area contributed by atoms with E-state index in [-0.39, 0.29) is 52.2 Å². The summed E-state index contributed by atoms with van der Waals surface area (Å²) < 4.78 is 16.6. The van der Waals surface area contributed by atoms with Crippen molar-refractivity contribution in [3.05, 3.63) is 81.9 Å². The first-order valence-corrected chi connectivity index (χ1v) is 18.7. The molecule has 316 valence electrons. The van der Waals surface area contributed by atoms with Crippen LogP contribution in [0, 0.1) is 10.1 Å². The Balaban J connectivity index is 1.83. The normalized spacial score (nSPS) is 15.8. The van der Waals surface area contributed by atoms with Crippen molar-refractivity contribution in [2.45, 2.75) is 102 Å². The summed E-state index contributed by atoms with van der Waals surface area (Å²) in [5.41, 5.74) is 13.2. The minimum atomic E-state index is -1.52. The van der Waals surface area contributed by atoms with Crippen molar-refractivity contribution in [2.75, 3.05) is 19.7 Å². The molecule has 1 heterocycles. The fourth-order valence-corrected chi connectivity index (χ4v) is 5.81. The number of hydrogen-bond donors (Lipinski definition) is 6. The van der Waals surface area contributed by atoms with E-state index in [2.05, 4.69) is 20.9 Å². The first-order valence-electron chi connectivity index (χ1n) is 18.7. The second kappa shape index (κ2) is 23.0. The summed E-state index contributed by atoms with van der Waals surface area (Å²) in [6.07, 6.45) is -0.145. The standard InChI is InChI=1S/C38H53N9O11/c1-38(2,3)58-37(53)44-28(21-31(39)48)32(49)43-29(24-56-22-25-13-6-4-7-14-25)34(51)46-20-11-10-18-30(46)33(50)42-27(17-12-19-41-36(40)45-47(54)55)35(52)57-23-26-15-8-5-9-16-26/h4-9,13-16,27-30H,10-12,17-24H2,1-3H3,(H2,39,48)(H,42,50)(H,43,49)(H,44,53)(H3,40,41,45)/t27-,28-,29-,30-/m0/s1. The molecule has 0 spiro atoms. The number of nitrogens with zero attached hydrogens (tertiary/aromatic N) is 3. The highest BCUT2D eigenvalue weighted by molar-refractivity contribution is 5.96. The summed E-state index contributed by atoms with van der Waals surface area (Å²) in [7, 11) is 0. The molecule has 4 atom stereocenters. The molecule has 3 rings (SSSR count). The van der Waals surface area contributed by atoms with Crippen LogP contribution in [0.5, 0.6) is 0 Å². The Bertz CT molecular complexity index is 1740. The lowest BCUT2D eigenvalue weighted by Crippen LogP contribution is -2.61. The number of alkyl carbamates (subject to hydrolysis) is 1. The molecule has 1 saturated heterocycles. The van der Waals surface area contributed by atoms with Crippen LogP contribution in [0.2, 0.25) is 0 Å². The number of rotatable bonds is 20. The van der Waals surface area contributed by atoms with E-state index in [0.717, 1.165) is 5.56 Å². The van der Waals surface area contributed by atoms with Crippen LogP contribution in [0.1, 0.15) is 70.4 Å². The van der Waals surface area contributed by atoms with Crippen LogP contribution in [0.4, 0.5) is 4.79 Å². The predicted octanol–water partition coefficient (Wildman–Crippen LogP) is 0.942. The van der Waals surface area contributed by atoms with Crippen molar-refractivity contribution in [3.63, 3.8) is 0 Å². The lowest BCUT2D eigenvalue weighted by molar-refractivity contribution is -0.525. The van der Waals surface area contributed by atoms with Gasteiger partial charge in [0.25, 0.3) is 5.96 Å². The van der Waals surface area contributed by atoms with Gasteiger partial charge in [-0.1, -0.05) is 66.1 Å². The highest BCUT2D eigenvalue weighted by atomic mass is 16.7. The Hall–Kier alpha value is -6.31. The predicted molar refractivity (Wildman–Crippen MR) is 208 cm³/mol. The number of aliphatic imine (C=N–C) groups is 1. The van der Waals surface area contributed by atoms with Crippen LogP contribution in [0.25, 0.3) is 0 Å². The molecule has 5 amide bonds. The number of piperidine rings is 1. The van der Waals surface area contributed by atoms with E-state index in [1.54, 1.807) is 80.8 Å². The molecular formula is C38H53N9O11. The summed E-state index contributed by atoms with van der Waals surface area (Å²) in [5.74, 6) is -4.40. The second-order valence-corrected chi connectivity index (χ2v) is 14.4. The number of likely N-dealkylation sites (tertiary alicyclic amines) is 1. The molecule has 0 unspecified atom stereocenters. The first kappa shape index (κ1) is 46.1. The van der Waals surface area contributed by atoms with Gasteiger partial charge in [-0.3, -0.25) is 19.2 Å². The van der Waals surface area contributed by atoms with Gasteiger partial charge >= 0.3 is 12.1 Å². The van der Waals surface area contributed by atoms with Gasteiger partial charge in [0, 0.05) is 13.1 Å². The molecule has 1 fully saturated rings. The SMILES string of the molecule is CC(C)(C)OC(=O)N[C@@H](CC(N)=O)C(=O)N[C@@H](COCc1ccccc1)C(=O)N1CCCC[C@H]1C(=O)N[C@@H](CCCN=C(N)N[N+](=O)[O-])C(=O)OCc1ccccc1. The van der Waals surface area contributed by atoms with Gasteiger partial charge < -0.3 is 46.5 Å². The second-order valence-electron chi connectivity index (χ2n) is 14.4. The largest absolute Gasteiger partial charge is 0.459 e. The zero-order valence-electron chi connectivity index (χ0n) is 32.8. The van der Waals surface area contributed by atoms with Crippen molar-refractivity contribution in [1.82, 2.24) is 26.3 Å². The number of carbonyl (C=O) groups excluding carboxylic acids is 6. The number of ether oxygens (including phenoxy) is 3. The minimum Gasteiger partial charge on any atom is -0.459 e. The third-order valence-corrected chi connectivity index (χ3v) is 8.48. The van der Waals surface area contributed by atoms with Gasteiger partial charge in [0.15, 0.2) is 5.03 Å². The van der Waals surface area contributed by atoms with E-state index in [1.165, 1.54) is 4.90 Å². The average molecular weight is 812 g/mol. The van der Waals surface area contributed by atoms with Crippen LogP contribution < -0.4 is 32.8 Å². The number of benzene rings is 2. The van der Waals surface area contributed by atoms with Crippen LogP contribution in [0.15, 0.2) is 65.7 Å². The molecule has 0 radical (unpaired) electrons. The topological polar surface area (TPSA) is 289 Å². The number of guanidine groups is 1. The Kier molecular flexibility index (Phi) is 18.3. The Labute approximate surface area is 335 Å². The number of esters is 1. The molecule has 8 N–H and O–H groups in total. The molecular weight excluding hydrogens is 758 g/mol. The summed E-state index contributed by atoms with van der Waals surface area (Å²) in [4.78, 5) is 95.7. The smallest absolute Gasteiger partial charge is 0.408 e. The molecule has 2 aromatic rings. The van der Waals surface area contributed by atoms with Gasteiger partial charge in [0.1, 0.15) is 36.4 Å². The number of nitro groups is 1. The number of carbonyl (C=O) groups is 6. The van der Waals surface area contributed by atoms with Gasteiger partial charge in [-0.15, -0.1) is 0 Å². The Morgan fingerprint density at radius 2 is 1.53 bits per heavy atom. The fourth-order valence-electron chi connectivity index (χ4n) is 5.81. The van der Waals surface area contributed by atoms with Crippen molar-refractivity contribution in [3.8, 4) is 0 Å². The Morgan fingerprint density at radius 3 is 2.14 bits per heavy atom. The van der Waals surface area contributed by atoms with Crippen molar-refractivity contribution in [2.24, 2.45) is 16.5 Å². The summed E-state index contributed by atoms with van der Waals surface area (Å²) in [6.45, 7) is 4.55. The number of hydrogen-bond acceptors (Lipinski definition) is 12. The van der Waals surface area contributed by atoms with E-state index < -0.39 is 82.9 Å². The van der Waals surface area contributed by atoms with Crippen molar-refractivity contribution in [1.29, 1.82) is 0 Å². The number of nitrogens with two attached hydrogens (primary N) is 2. The maximum absolute atomic E-state index is 14.4. The average Bonchev–Trinajstić information content (AvgIpc) is 3.16. The van der Waals surface area contributed by atoms with E-state index >= 15 is 0 Å². The molecule has 1 aliphatic rings. The van der Waals surface area contributed by atoms with Crippen molar-refractivity contribution < 1.29 is 48.0 Å². The van der Waals surface area contributed by atoms with Crippen LogP contribution >= 0.6 is 0 Å². The molecule has 20 nitrogen and oxygen atoms in total. The van der Waals surface area contributed by atoms with Crippen LogP contribution in [-0.2, 0) is 51.4 Å². The zero-order valence-corrected chi connectivity index (χ0v) is 32.8. The molecule has 0 bridgehead atoms. The molecule has 0 saturated carbocycles. The molecule has 20 heteroatoms. The molecule has 0 aromatic heterocycles. The highest BCUT2D eigenvalue weighted by Gasteiger charge is 2.39. The summed E-state index contributed by atoms with van der Waals surface area (Å²) in [5, 5.41) is 17.4. The lowest BCUT2D eigenvalue weighted by atomic mass is 9.99. The Morgan fingerprint density at radius 1 is 0.897 bits per heavy atom. The number of primary amides is 1. The van der Waals surface area contributed by atoms with Gasteiger partial charge in [-0.2, -0.15) is 0 Å². The summed E-state index contributed by atoms with van der Waals surface area (Å²) >= 11 is 0. The highest BCUT2D eigenvalue weighted by Crippen LogP contribution is 2.20. The third-order valence-electron chi connectivity index (χ3n) is 8.48. The van der Waals surface area contributed by atoms with E-state index in [0.29, 0.717) is 18.4 Å². The molecule has 1 aliphatic heterocycles. The zero-order chi connectivity index (χ0) is 42.7. The van der Waals surface area contributed by atoms with Gasteiger partial charge in [0.05, 0.1) is 19.6 Å². The van der Waals surface area contributed by atoms with Crippen LogP contribution in [-0.4, -0.2) is 101 Å². The van der Waals surface area contributed by atoms with E-state index in [1.807, 2.05) is 6.07 Å². The van der Waals surface area contributed by atoms with Crippen molar-refractivity contribution >= 4 is 41.7 Å². The third kappa shape index (κ3) is 16.8. The van der Waals surface area contributed by atoms with Gasteiger partial charge in [0.2, 0.25) is 23.6 Å². The maximum Gasteiger partial charge on any atom is 0.408 e. The van der Waals surface area contributed by atoms with Crippen LogP contribution in [0.3, 0.4) is 0 Å². The van der Waals surface area contributed by atoms with E-state index in [4.69, 9.17) is 25.7 Å². The van der Waals surface area contributed by atoms with E-state index in [9.17, 15) is 38.9 Å². The summed E-state index contributed by atoms with van der Waals surface area (Å²) in [6, 6.07) is 12.7. The molecule has 0 aliphatic carbocycles. The van der Waals surface area contributed by atoms with Gasteiger partial charge in [-0.25, -0.2) is 24.7 Å². The maximum atomic E-state index is 14.4. The number of hydrazine groups is 1. The molecule has 58 heavy (non-hydrogen) atoms. The number of amides is 5. The quantitative estimate of drug-likeness (QED) is 0.0272. The van der Waals surface area contributed by atoms with Gasteiger partial charge in [-0.05, 0) is 64.0 Å².